The van der Waals surface area contributed by atoms with Gasteiger partial charge in [-0.15, -0.1) is 0 Å². The number of nitrogens with zero attached hydrogens (tertiary/aromatic N) is 1. The summed E-state index contributed by atoms with van der Waals surface area (Å²) in [7, 11) is 0. The van der Waals surface area contributed by atoms with Crippen LogP contribution in [0.25, 0.3) is 0 Å². The summed E-state index contributed by atoms with van der Waals surface area (Å²) in [5.41, 5.74) is 2.24. The van der Waals surface area contributed by atoms with Crippen molar-refractivity contribution in [1.29, 1.82) is 0 Å². The molecule has 1 aromatic rings. The van der Waals surface area contributed by atoms with Crippen molar-refractivity contribution in [3.8, 4) is 0 Å². The average molecular weight is 376 g/mol. The zero-order valence-electron chi connectivity index (χ0n) is 15.3. The first-order chi connectivity index (χ1) is 12.4. The monoisotopic (exact) mass is 376 g/mol. The van der Waals surface area contributed by atoms with Gasteiger partial charge >= 0.3 is 5.97 Å². The van der Waals surface area contributed by atoms with E-state index in [2.05, 4.69) is 12.2 Å². The van der Waals surface area contributed by atoms with Crippen LogP contribution in [0, 0.1) is 0 Å². The molecule has 140 valence electrons. The van der Waals surface area contributed by atoms with E-state index in [-0.39, 0.29) is 36.8 Å². The first-order valence-electron chi connectivity index (χ1n) is 8.64. The molecule has 0 aliphatic carbocycles. The summed E-state index contributed by atoms with van der Waals surface area (Å²) in [6.07, 6.45) is 2.23. The third-order valence-corrected chi connectivity index (χ3v) is 5.03. The predicted molar refractivity (Wildman–Crippen MR) is 101 cm³/mol. The third kappa shape index (κ3) is 5.36. The van der Waals surface area contributed by atoms with Crippen molar-refractivity contribution in [2.45, 2.75) is 33.2 Å². The Morgan fingerprint density at radius 3 is 2.62 bits per heavy atom. The second-order valence-electron chi connectivity index (χ2n) is 5.89. The smallest absolute Gasteiger partial charge is 0.333 e. The molecule has 1 atom stereocenters. The minimum Gasteiger partial charge on any atom is -0.463 e. The largest absolute Gasteiger partial charge is 0.463 e. The number of nitrogens with one attached hydrogen (secondary N) is 1. The van der Waals surface area contributed by atoms with Crippen LogP contribution in [0.2, 0.25) is 0 Å². The number of rotatable bonds is 7. The Hall–Kier alpha value is -2.28. The van der Waals surface area contributed by atoms with Crippen LogP contribution in [0.1, 0.15) is 37.9 Å². The molecular weight excluding hydrogens is 352 g/mol. The zero-order valence-corrected chi connectivity index (χ0v) is 16.1. The van der Waals surface area contributed by atoms with Gasteiger partial charge in [0.1, 0.15) is 6.54 Å². The summed E-state index contributed by atoms with van der Waals surface area (Å²) in [6.45, 7) is 5.84. The lowest BCUT2D eigenvalue weighted by molar-refractivity contribution is -0.137. The fourth-order valence-electron chi connectivity index (χ4n) is 2.54. The summed E-state index contributed by atoms with van der Waals surface area (Å²) in [5.74, 6) is -0.769. The Bertz CT molecular complexity index is 700. The number of thioether (sulfide) groups is 1. The number of carbonyl (C=O) groups excluding carboxylic acids is 3. The van der Waals surface area contributed by atoms with Crippen molar-refractivity contribution in [2.75, 3.05) is 18.9 Å². The number of esters is 1. The first kappa shape index (κ1) is 20.0. The van der Waals surface area contributed by atoms with Gasteiger partial charge in [0.2, 0.25) is 11.8 Å². The molecule has 1 aromatic carbocycles. The van der Waals surface area contributed by atoms with Gasteiger partial charge in [0, 0.05) is 0 Å². The topological polar surface area (TPSA) is 75.7 Å². The molecular formula is C19H24N2O4S. The molecule has 0 aromatic heterocycles. The van der Waals surface area contributed by atoms with Crippen molar-refractivity contribution >= 4 is 29.5 Å². The highest BCUT2D eigenvalue weighted by molar-refractivity contribution is 8.04. The maximum atomic E-state index is 12.4. The number of hydrogen-bond donors (Lipinski definition) is 1. The number of hydrogen-bond acceptors (Lipinski definition) is 5. The van der Waals surface area contributed by atoms with Gasteiger partial charge in [0.05, 0.1) is 29.5 Å². The third-order valence-electron chi connectivity index (χ3n) is 4.01. The molecule has 6 nitrogen and oxygen atoms in total. The van der Waals surface area contributed by atoms with Gasteiger partial charge in [-0.05, 0) is 31.4 Å². The van der Waals surface area contributed by atoms with Crippen LogP contribution in [-0.4, -0.2) is 41.6 Å². The van der Waals surface area contributed by atoms with Crippen LogP contribution in [0.3, 0.4) is 0 Å². The second-order valence-corrected chi connectivity index (χ2v) is 6.88. The Morgan fingerprint density at radius 1 is 1.31 bits per heavy atom. The van der Waals surface area contributed by atoms with Crippen LogP contribution >= 0.6 is 11.8 Å². The Kier molecular flexibility index (Phi) is 7.26. The van der Waals surface area contributed by atoms with Crippen molar-refractivity contribution in [3.05, 3.63) is 46.5 Å². The molecule has 0 radical (unpaired) electrons. The van der Waals surface area contributed by atoms with Gasteiger partial charge in [-0.3, -0.25) is 14.5 Å². The summed E-state index contributed by atoms with van der Waals surface area (Å²) in [4.78, 5) is 37.3. The van der Waals surface area contributed by atoms with Gasteiger partial charge in [0.25, 0.3) is 0 Å². The number of carbonyl (C=O) groups is 3. The van der Waals surface area contributed by atoms with E-state index < -0.39 is 5.97 Å². The van der Waals surface area contributed by atoms with Crippen molar-refractivity contribution in [1.82, 2.24) is 10.2 Å². The minimum atomic E-state index is -0.514. The molecule has 1 saturated heterocycles. The molecule has 0 spiro atoms. The molecule has 2 amide bonds. The average Bonchev–Trinajstić information content (AvgIpc) is 2.95. The first-order valence-corrected chi connectivity index (χ1v) is 9.63. The maximum absolute atomic E-state index is 12.4. The Balaban J connectivity index is 1.98. The van der Waals surface area contributed by atoms with Crippen molar-refractivity contribution < 1.29 is 19.1 Å². The molecule has 0 bridgehead atoms. The normalized spacial score (nSPS) is 16.7. The van der Waals surface area contributed by atoms with Gasteiger partial charge < -0.3 is 10.1 Å². The standard InChI is InChI=1S/C19H24N2O4S/c1-4-14-6-8-15(9-7-14)13(3)20-16(22)11-21-17(23)12-26-18(21)10-19(24)25-5-2/h6-10,13H,4-5,11-12H2,1-3H3,(H,20,22)/b18-10-/t13-/m1/s1. The Morgan fingerprint density at radius 2 is 2.00 bits per heavy atom. The summed E-state index contributed by atoms with van der Waals surface area (Å²) in [5, 5.41) is 3.34. The number of benzene rings is 1. The van der Waals surface area contributed by atoms with E-state index in [0.717, 1.165) is 12.0 Å². The van der Waals surface area contributed by atoms with Crippen LogP contribution in [0.4, 0.5) is 0 Å². The van der Waals surface area contributed by atoms with Crippen LogP contribution < -0.4 is 5.32 Å². The molecule has 1 N–H and O–H groups in total. The minimum absolute atomic E-state index is 0.117. The summed E-state index contributed by atoms with van der Waals surface area (Å²) < 4.78 is 4.87. The van der Waals surface area contributed by atoms with Crippen LogP contribution in [0.15, 0.2) is 35.4 Å². The quantitative estimate of drug-likeness (QED) is 0.584. The van der Waals surface area contributed by atoms with Gasteiger partial charge in [-0.2, -0.15) is 0 Å². The predicted octanol–water partition coefficient (Wildman–Crippen LogP) is 2.41. The van der Waals surface area contributed by atoms with Gasteiger partial charge in [0.15, 0.2) is 0 Å². The van der Waals surface area contributed by atoms with Crippen molar-refractivity contribution in [2.24, 2.45) is 0 Å². The zero-order chi connectivity index (χ0) is 19.1. The number of ether oxygens (including phenoxy) is 1. The molecule has 2 rings (SSSR count). The van der Waals surface area contributed by atoms with E-state index >= 15 is 0 Å². The molecule has 26 heavy (non-hydrogen) atoms. The summed E-state index contributed by atoms with van der Waals surface area (Å²) >= 11 is 1.23. The summed E-state index contributed by atoms with van der Waals surface area (Å²) in [6, 6.07) is 7.90. The van der Waals surface area contributed by atoms with E-state index in [9.17, 15) is 14.4 Å². The van der Waals surface area contributed by atoms with E-state index in [1.165, 1.54) is 28.3 Å². The lowest BCUT2D eigenvalue weighted by Gasteiger charge is -2.19. The Labute approximate surface area is 158 Å². The second kappa shape index (κ2) is 9.43. The lowest BCUT2D eigenvalue weighted by Crippen LogP contribution is -2.38. The molecule has 1 fully saturated rings. The highest BCUT2D eigenvalue weighted by Crippen LogP contribution is 2.28. The van der Waals surface area contributed by atoms with Crippen LogP contribution in [-0.2, 0) is 25.5 Å². The number of aryl methyl sites for hydroxylation is 1. The van der Waals surface area contributed by atoms with Crippen LogP contribution in [0.5, 0.6) is 0 Å². The molecule has 1 heterocycles. The fraction of sp³-hybridized carbons (Fsp3) is 0.421. The van der Waals surface area contributed by atoms with E-state index in [4.69, 9.17) is 4.74 Å². The number of amides is 2. The highest BCUT2D eigenvalue weighted by atomic mass is 32.2. The maximum Gasteiger partial charge on any atom is 0.333 e. The van der Waals surface area contributed by atoms with E-state index in [0.29, 0.717) is 5.03 Å². The fourth-order valence-corrected chi connectivity index (χ4v) is 3.47. The molecule has 7 heteroatoms. The molecule has 1 aliphatic heterocycles. The lowest BCUT2D eigenvalue weighted by atomic mass is 10.1. The molecule has 0 saturated carbocycles. The SMILES string of the molecule is CCOC(=O)/C=C1\SCC(=O)N1CC(=O)N[C@H](C)c1ccc(CC)cc1. The van der Waals surface area contributed by atoms with Crippen molar-refractivity contribution in [3.63, 3.8) is 0 Å². The molecule has 0 unspecified atom stereocenters. The highest BCUT2D eigenvalue weighted by Gasteiger charge is 2.29. The van der Waals surface area contributed by atoms with Gasteiger partial charge in [-0.1, -0.05) is 43.0 Å². The van der Waals surface area contributed by atoms with Gasteiger partial charge in [-0.25, -0.2) is 4.79 Å². The molecule has 1 aliphatic rings. The van der Waals surface area contributed by atoms with E-state index in [1.807, 2.05) is 31.2 Å². The van der Waals surface area contributed by atoms with E-state index in [1.54, 1.807) is 6.92 Å².